The fourth-order valence-electron chi connectivity index (χ4n) is 3.01. The Morgan fingerprint density at radius 3 is 2.65 bits per heavy atom. The van der Waals surface area contributed by atoms with Gasteiger partial charge in [0.2, 0.25) is 5.91 Å². The molecule has 1 amide bonds. The number of nitrogens with one attached hydrogen (secondary N) is 1. The van der Waals surface area contributed by atoms with Gasteiger partial charge in [0, 0.05) is 30.4 Å². The molecule has 0 spiro atoms. The molecule has 0 unspecified atom stereocenters. The zero-order valence-electron chi connectivity index (χ0n) is 14.1. The number of rotatable bonds is 4. The van der Waals surface area contributed by atoms with E-state index in [2.05, 4.69) is 4.72 Å². The van der Waals surface area contributed by atoms with Gasteiger partial charge in [-0.25, -0.2) is 17.2 Å². The molecule has 0 fully saturated rings. The van der Waals surface area contributed by atoms with Gasteiger partial charge < -0.3 is 4.90 Å². The van der Waals surface area contributed by atoms with E-state index in [9.17, 15) is 22.0 Å². The van der Waals surface area contributed by atoms with Crippen LogP contribution in [-0.2, 0) is 21.2 Å². The third-order valence-corrected chi connectivity index (χ3v) is 5.65. The van der Waals surface area contributed by atoms with Crippen LogP contribution < -0.4 is 9.62 Å². The Labute approximate surface area is 150 Å². The maximum Gasteiger partial charge on any atom is 0.264 e. The summed E-state index contributed by atoms with van der Waals surface area (Å²) in [5.74, 6) is -2.00. The molecule has 0 radical (unpaired) electrons. The van der Waals surface area contributed by atoms with E-state index in [-0.39, 0.29) is 11.6 Å². The standard InChI is InChI=1S/C18H18F2N2O3S/c1-2-18(23)22-9-3-4-12-10-14(6-7-16(12)22)21-26(24,25)17-8-5-13(19)11-15(17)20/h5-8,10-11,21H,2-4,9H2,1H3. The molecule has 0 aromatic heterocycles. The number of carbonyl (C=O) groups excluding carboxylic acids is 1. The summed E-state index contributed by atoms with van der Waals surface area (Å²) in [6.07, 6.45) is 1.88. The Hall–Kier alpha value is -2.48. The van der Waals surface area contributed by atoms with Gasteiger partial charge in [-0.05, 0) is 48.7 Å². The fraction of sp³-hybridized carbons (Fsp3) is 0.278. The van der Waals surface area contributed by atoms with Crippen molar-refractivity contribution < 1.29 is 22.0 Å². The maximum atomic E-state index is 13.8. The molecular formula is C18H18F2N2O3S. The normalized spacial score (nSPS) is 14.0. The maximum absolute atomic E-state index is 13.8. The number of nitrogens with zero attached hydrogens (tertiary/aromatic N) is 1. The van der Waals surface area contributed by atoms with Gasteiger partial charge in [-0.2, -0.15) is 0 Å². The summed E-state index contributed by atoms with van der Waals surface area (Å²) in [6.45, 7) is 2.42. The summed E-state index contributed by atoms with van der Waals surface area (Å²) >= 11 is 0. The highest BCUT2D eigenvalue weighted by Gasteiger charge is 2.23. The van der Waals surface area contributed by atoms with E-state index in [1.165, 1.54) is 6.07 Å². The molecule has 3 rings (SSSR count). The number of benzene rings is 2. The van der Waals surface area contributed by atoms with E-state index in [4.69, 9.17) is 0 Å². The molecule has 1 N–H and O–H groups in total. The Bertz CT molecular complexity index is 961. The van der Waals surface area contributed by atoms with Crippen LogP contribution in [0.3, 0.4) is 0 Å². The Morgan fingerprint density at radius 2 is 1.96 bits per heavy atom. The smallest absolute Gasteiger partial charge is 0.264 e. The van der Waals surface area contributed by atoms with Gasteiger partial charge >= 0.3 is 0 Å². The molecule has 2 aromatic rings. The van der Waals surface area contributed by atoms with Gasteiger partial charge in [-0.3, -0.25) is 9.52 Å². The number of amides is 1. The van der Waals surface area contributed by atoms with E-state index in [1.807, 2.05) is 0 Å². The van der Waals surface area contributed by atoms with Crippen molar-refractivity contribution in [2.75, 3.05) is 16.2 Å². The Morgan fingerprint density at radius 1 is 1.19 bits per heavy atom. The van der Waals surface area contributed by atoms with E-state index < -0.39 is 26.6 Å². The van der Waals surface area contributed by atoms with E-state index >= 15 is 0 Å². The lowest BCUT2D eigenvalue weighted by Crippen LogP contribution is -2.34. The monoisotopic (exact) mass is 380 g/mol. The average molecular weight is 380 g/mol. The first-order valence-electron chi connectivity index (χ1n) is 8.23. The zero-order chi connectivity index (χ0) is 18.9. The largest absolute Gasteiger partial charge is 0.312 e. The van der Waals surface area contributed by atoms with Gasteiger partial charge in [0.25, 0.3) is 10.0 Å². The quantitative estimate of drug-likeness (QED) is 0.883. The van der Waals surface area contributed by atoms with Gasteiger partial charge in [-0.1, -0.05) is 6.92 Å². The number of fused-ring (bicyclic) bond motifs is 1. The van der Waals surface area contributed by atoms with Gasteiger partial charge in [0.1, 0.15) is 16.5 Å². The second-order valence-corrected chi connectivity index (χ2v) is 7.68. The van der Waals surface area contributed by atoms with Crippen molar-refractivity contribution in [3.63, 3.8) is 0 Å². The summed E-state index contributed by atoms with van der Waals surface area (Å²) in [7, 11) is -4.19. The molecule has 5 nitrogen and oxygen atoms in total. The van der Waals surface area contributed by atoms with Crippen molar-refractivity contribution in [3.8, 4) is 0 Å². The van der Waals surface area contributed by atoms with Crippen LogP contribution in [0, 0.1) is 11.6 Å². The third-order valence-electron chi connectivity index (χ3n) is 4.24. The van der Waals surface area contributed by atoms with Crippen LogP contribution in [-0.4, -0.2) is 20.9 Å². The Balaban J connectivity index is 1.90. The molecule has 1 aliphatic heterocycles. The predicted octanol–water partition coefficient (Wildman–Crippen LogP) is 3.45. The van der Waals surface area contributed by atoms with Gasteiger partial charge in [0.15, 0.2) is 0 Å². The van der Waals surface area contributed by atoms with E-state index in [0.717, 1.165) is 29.8 Å². The molecular weight excluding hydrogens is 362 g/mol. The molecule has 0 saturated carbocycles. The molecule has 138 valence electrons. The number of aryl methyl sites for hydroxylation is 1. The summed E-state index contributed by atoms with van der Waals surface area (Å²) in [6, 6.07) is 7.14. The van der Waals surface area contributed by atoms with Crippen molar-refractivity contribution in [2.24, 2.45) is 0 Å². The lowest BCUT2D eigenvalue weighted by atomic mass is 10.0. The third kappa shape index (κ3) is 3.55. The summed E-state index contributed by atoms with van der Waals surface area (Å²) < 4.78 is 53.9. The molecule has 26 heavy (non-hydrogen) atoms. The van der Waals surface area contributed by atoms with Crippen molar-refractivity contribution in [1.82, 2.24) is 0 Å². The number of sulfonamides is 1. The first-order valence-corrected chi connectivity index (χ1v) is 9.71. The molecule has 0 saturated heterocycles. The van der Waals surface area contributed by atoms with Crippen molar-refractivity contribution in [1.29, 1.82) is 0 Å². The topological polar surface area (TPSA) is 66.5 Å². The molecule has 0 bridgehead atoms. The van der Waals surface area contributed by atoms with Crippen molar-refractivity contribution in [2.45, 2.75) is 31.1 Å². The van der Waals surface area contributed by atoms with E-state index in [1.54, 1.807) is 24.0 Å². The van der Waals surface area contributed by atoms with Crippen LogP contribution in [0.25, 0.3) is 0 Å². The Kier molecular flexibility index (Phi) is 4.95. The first-order chi connectivity index (χ1) is 12.3. The first kappa shape index (κ1) is 18.3. The summed E-state index contributed by atoms with van der Waals surface area (Å²) in [5.41, 5.74) is 1.87. The molecule has 1 heterocycles. The second-order valence-electron chi connectivity index (χ2n) is 6.03. The highest BCUT2D eigenvalue weighted by molar-refractivity contribution is 7.92. The van der Waals surface area contributed by atoms with Crippen LogP contribution >= 0.6 is 0 Å². The second kappa shape index (κ2) is 7.03. The van der Waals surface area contributed by atoms with Gasteiger partial charge in [-0.15, -0.1) is 0 Å². The lowest BCUT2D eigenvalue weighted by molar-refractivity contribution is -0.118. The molecule has 8 heteroatoms. The van der Waals surface area contributed by atoms with Crippen LogP contribution in [0.4, 0.5) is 20.2 Å². The van der Waals surface area contributed by atoms with Gasteiger partial charge in [0.05, 0.1) is 0 Å². The molecule has 0 atom stereocenters. The van der Waals surface area contributed by atoms with Crippen molar-refractivity contribution in [3.05, 3.63) is 53.6 Å². The van der Waals surface area contributed by atoms with Crippen LogP contribution in [0.15, 0.2) is 41.3 Å². The molecule has 2 aromatic carbocycles. The average Bonchev–Trinajstić information content (AvgIpc) is 2.59. The summed E-state index contributed by atoms with van der Waals surface area (Å²) in [4.78, 5) is 13.1. The van der Waals surface area contributed by atoms with Crippen LogP contribution in [0.5, 0.6) is 0 Å². The fourth-order valence-corrected chi connectivity index (χ4v) is 4.12. The van der Waals surface area contributed by atoms with Crippen LogP contribution in [0.2, 0.25) is 0 Å². The zero-order valence-corrected chi connectivity index (χ0v) is 14.9. The van der Waals surface area contributed by atoms with Crippen LogP contribution in [0.1, 0.15) is 25.3 Å². The molecule has 1 aliphatic rings. The number of hydrogen-bond donors (Lipinski definition) is 1. The lowest BCUT2D eigenvalue weighted by Gasteiger charge is -2.29. The minimum absolute atomic E-state index is 0.00710. The number of carbonyl (C=O) groups is 1. The predicted molar refractivity (Wildman–Crippen MR) is 94.6 cm³/mol. The van der Waals surface area contributed by atoms with E-state index in [0.29, 0.717) is 25.5 Å². The van der Waals surface area contributed by atoms with Crippen molar-refractivity contribution >= 4 is 27.3 Å². The summed E-state index contributed by atoms with van der Waals surface area (Å²) in [5, 5.41) is 0. The number of anilines is 2. The molecule has 0 aliphatic carbocycles. The highest BCUT2D eigenvalue weighted by Crippen LogP contribution is 2.31. The number of halogens is 2. The minimum atomic E-state index is -4.19. The highest BCUT2D eigenvalue weighted by atomic mass is 32.2. The SMILES string of the molecule is CCC(=O)N1CCCc2cc(NS(=O)(=O)c3ccc(F)cc3F)ccc21. The minimum Gasteiger partial charge on any atom is -0.312 e. The number of hydrogen-bond acceptors (Lipinski definition) is 3.